The molecule has 0 radical (unpaired) electrons. The van der Waals surface area contributed by atoms with E-state index in [1.807, 2.05) is 37.3 Å². The maximum Gasteiger partial charge on any atom is 0.243 e. The standard InChI is InChI=1S/C25H30Cl2N2O2S/c1-2-23(25(31)28-19-11-6-7-12-19)29(15-18-9-4-3-5-10-18)24(30)17-32-16-20-21(26)13-8-14-22(20)27/h3-5,8-10,13-14,19,23H,2,6-7,11-12,15-17H2,1H3,(H,28,31). The van der Waals surface area contributed by atoms with E-state index in [-0.39, 0.29) is 23.6 Å². The Kier molecular flexibility index (Phi) is 9.76. The average molecular weight is 494 g/mol. The molecule has 1 fully saturated rings. The van der Waals surface area contributed by atoms with Crippen LogP contribution in [0.15, 0.2) is 48.5 Å². The highest BCUT2D eigenvalue weighted by Gasteiger charge is 2.30. The van der Waals surface area contributed by atoms with E-state index in [1.54, 1.807) is 23.1 Å². The van der Waals surface area contributed by atoms with Gasteiger partial charge in [0.05, 0.1) is 5.75 Å². The Bertz CT molecular complexity index is 884. The second kappa shape index (κ2) is 12.5. The van der Waals surface area contributed by atoms with E-state index in [1.165, 1.54) is 11.8 Å². The van der Waals surface area contributed by atoms with Crippen LogP contribution in [0.3, 0.4) is 0 Å². The van der Waals surface area contributed by atoms with Gasteiger partial charge in [-0.1, -0.05) is 79.4 Å². The molecule has 1 aliphatic rings. The minimum absolute atomic E-state index is 0.0529. The zero-order valence-electron chi connectivity index (χ0n) is 18.4. The highest BCUT2D eigenvalue weighted by molar-refractivity contribution is 7.99. The Hall–Kier alpha value is -1.69. The van der Waals surface area contributed by atoms with Crippen molar-refractivity contribution in [3.05, 3.63) is 69.7 Å². The van der Waals surface area contributed by atoms with Gasteiger partial charge in [0.25, 0.3) is 0 Å². The first-order valence-corrected chi connectivity index (χ1v) is 13.0. The number of carbonyl (C=O) groups excluding carboxylic acids is 2. The van der Waals surface area contributed by atoms with Crippen LogP contribution in [0.2, 0.25) is 10.0 Å². The van der Waals surface area contributed by atoms with Gasteiger partial charge in [-0.2, -0.15) is 0 Å². The first kappa shape index (κ1) is 24.9. The molecule has 0 aliphatic heterocycles. The fourth-order valence-corrected chi connectivity index (χ4v) is 5.71. The Morgan fingerprint density at radius 2 is 1.72 bits per heavy atom. The van der Waals surface area contributed by atoms with E-state index in [2.05, 4.69) is 5.32 Å². The molecule has 2 amide bonds. The first-order chi connectivity index (χ1) is 15.5. The quantitative estimate of drug-likeness (QED) is 0.436. The van der Waals surface area contributed by atoms with Crippen molar-refractivity contribution in [2.24, 2.45) is 0 Å². The summed E-state index contributed by atoms with van der Waals surface area (Å²) in [4.78, 5) is 28.1. The number of amides is 2. The highest BCUT2D eigenvalue weighted by Crippen LogP contribution is 2.28. The number of thioether (sulfide) groups is 1. The van der Waals surface area contributed by atoms with E-state index in [9.17, 15) is 9.59 Å². The number of hydrogen-bond acceptors (Lipinski definition) is 3. The van der Waals surface area contributed by atoms with Gasteiger partial charge in [0.2, 0.25) is 11.8 Å². The molecule has 0 aromatic heterocycles. The molecular weight excluding hydrogens is 463 g/mol. The zero-order chi connectivity index (χ0) is 22.9. The van der Waals surface area contributed by atoms with Gasteiger partial charge >= 0.3 is 0 Å². The molecule has 2 aromatic carbocycles. The molecule has 0 bridgehead atoms. The van der Waals surface area contributed by atoms with Gasteiger partial charge < -0.3 is 10.2 Å². The molecule has 0 heterocycles. The molecule has 1 unspecified atom stereocenters. The number of benzene rings is 2. The monoisotopic (exact) mass is 492 g/mol. The van der Waals surface area contributed by atoms with Crippen molar-refractivity contribution in [2.45, 2.75) is 63.4 Å². The van der Waals surface area contributed by atoms with E-state index in [0.717, 1.165) is 36.8 Å². The predicted octanol–water partition coefficient (Wildman–Crippen LogP) is 6.09. The Balaban J connectivity index is 1.70. The minimum Gasteiger partial charge on any atom is -0.352 e. The third-order valence-electron chi connectivity index (χ3n) is 5.82. The molecule has 172 valence electrons. The molecule has 3 rings (SSSR count). The summed E-state index contributed by atoms with van der Waals surface area (Å²) in [6, 6.07) is 15.0. The van der Waals surface area contributed by atoms with Gasteiger partial charge in [-0.05, 0) is 42.5 Å². The molecule has 1 aliphatic carbocycles. The van der Waals surface area contributed by atoms with Gasteiger partial charge in [-0.15, -0.1) is 11.8 Å². The topological polar surface area (TPSA) is 49.4 Å². The molecule has 0 saturated heterocycles. The second-order valence-corrected chi connectivity index (χ2v) is 9.91. The van der Waals surface area contributed by atoms with Crippen LogP contribution in [-0.2, 0) is 21.9 Å². The maximum absolute atomic E-state index is 13.3. The second-order valence-electron chi connectivity index (χ2n) is 8.11. The number of carbonyl (C=O) groups is 2. The summed E-state index contributed by atoms with van der Waals surface area (Å²) in [5, 5.41) is 4.37. The lowest BCUT2D eigenvalue weighted by Crippen LogP contribution is -2.51. The molecule has 7 heteroatoms. The number of rotatable bonds is 10. The van der Waals surface area contributed by atoms with Crippen LogP contribution in [-0.4, -0.2) is 34.6 Å². The van der Waals surface area contributed by atoms with Crippen molar-refractivity contribution in [2.75, 3.05) is 5.75 Å². The molecule has 1 saturated carbocycles. The van der Waals surface area contributed by atoms with Crippen LogP contribution in [0.5, 0.6) is 0 Å². The van der Waals surface area contributed by atoms with Gasteiger partial charge in [0, 0.05) is 28.4 Å². The highest BCUT2D eigenvalue weighted by atomic mass is 35.5. The molecule has 0 spiro atoms. The third-order valence-corrected chi connectivity index (χ3v) is 7.47. The fraction of sp³-hybridized carbons (Fsp3) is 0.440. The smallest absolute Gasteiger partial charge is 0.243 e. The first-order valence-electron chi connectivity index (χ1n) is 11.1. The molecular formula is C25H30Cl2N2O2S. The molecule has 1 N–H and O–H groups in total. The minimum atomic E-state index is -0.493. The molecule has 4 nitrogen and oxygen atoms in total. The maximum atomic E-state index is 13.3. The van der Waals surface area contributed by atoms with Crippen molar-refractivity contribution in [3.63, 3.8) is 0 Å². The van der Waals surface area contributed by atoms with Gasteiger partial charge in [-0.3, -0.25) is 9.59 Å². The summed E-state index contributed by atoms with van der Waals surface area (Å²) >= 11 is 14.0. The number of nitrogens with zero attached hydrogens (tertiary/aromatic N) is 1. The number of hydrogen-bond donors (Lipinski definition) is 1. The molecule has 1 atom stereocenters. The zero-order valence-corrected chi connectivity index (χ0v) is 20.7. The van der Waals surface area contributed by atoms with Crippen LogP contribution in [0.4, 0.5) is 0 Å². The predicted molar refractivity (Wildman–Crippen MR) is 134 cm³/mol. The lowest BCUT2D eigenvalue weighted by molar-refractivity contribution is -0.139. The molecule has 2 aromatic rings. The SMILES string of the molecule is CCC(C(=O)NC1CCCC1)N(Cc1ccccc1)C(=O)CSCc1c(Cl)cccc1Cl. The van der Waals surface area contributed by atoms with Crippen molar-refractivity contribution in [3.8, 4) is 0 Å². The summed E-state index contributed by atoms with van der Waals surface area (Å²) in [5.41, 5.74) is 1.83. The van der Waals surface area contributed by atoms with E-state index < -0.39 is 6.04 Å². The van der Waals surface area contributed by atoms with E-state index in [4.69, 9.17) is 23.2 Å². The van der Waals surface area contributed by atoms with Crippen LogP contribution in [0.1, 0.15) is 50.2 Å². The van der Waals surface area contributed by atoms with Gasteiger partial charge in [-0.25, -0.2) is 0 Å². The summed E-state index contributed by atoms with van der Waals surface area (Å²) in [6.07, 6.45) is 4.90. The Morgan fingerprint density at radius 1 is 1.06 bits per heavy atom. The number of nitrogens with one attached hydrogen (secondary N) is 1. The van der Waals surface area contributed by atoms with Gasteiger partial charge in [0.1, 0.15) is 6.04 Å². The third kappa shape index (κ3) is 6.90. The summed E-state index contributed by atoms with van der Waals surface area (Å²) in [5.74, 6) is 0.675. The van der Waals surface area contributed by atoms with E-state index in [0.29, 0.717) is 28.8 Å². The van der Waals surface area contributed by atoms with Gasteiger partial charge in [0.15, 0.2) is 0 Å². The summed E-state index contributed by atoms with van der Waals surface area (Å²) in [6.45, 7) is 2.37. The van der Waals surface area contributed by atoms with Crippen LogP contribution >= 0.6 is 35.0 Å². The Labute approximate surface area is 205 Å². The fourth-order valence-electron chi connectivity index (χ4n) is 4.06. The van der Waals surface area contributed by atoms with Crippen LogP contribution in [0, 0.1) is 0 Å². The van der Waals surface area contributed by atoms with Crippen molar-refractivity contribution in [1.29, 1.82) is 0 Å². The summed E-state index contributed by atoms with van der Waals surface area (Å²) < 4.78 is 0. The lowest BCUT2D eigenvalue weighted by atomic mass is 10.1. The largest absolute Gasteiger partial charge is 0.352 e. The van der Waals surface area contributed by atoms with Crippen molar-refractivity contribution in [1.82, 2.24) is 10.2 Å². The van der Waals surface area contributed by atoms with Crippen LogP contribution in [0.25, 0.3) is 0 Å². The number of halogens is 2. The van der Waals surface area contributed by atoms with Crippen molar-refractivity contribution >= 4 is 46.8 Å². The molecule has 32 heavy (non-hydrogen) atoms. The summed E-state index contributed by atoms with van der Waals surface area (Å²) in [7, 11) is 0. The van der Waals surface area contributed by atoms with E-state index >= 15 is 0 Å². The van der Waals surface area contributed by atoms with Crippen LogP contribution < -0.4 is 5.32 Å². The van der Waals surface area contributed by atoms with Crippen molar-refractivity contribution < 1.29 is 9.59 Å². The average Bonchev–Trinajstić information content (AvgIpc) is 3.29. The normalized spacial score (nSPS) is 14.8. The lowest BCUT2D eigenvalue weighted by Gasteiger charge is -2.31. The Morgan fingerprint density at radius 3 is 2.34 bits per heavy atom.